The summed E-state index contributed by atoms with van der Waals surface area (Å²) in [5, 5.41) is 2.84. The van der Waals surface area contributed by atoms with E-state index in [1.54, 1.807) is 6.92 Å². The van der Waals surface area contributed by atoms with Gasteiger partial charge < -0.3 is 10.1 Å². The van der Waals surface area contributed by atoms with E-state index in [2.05, 4.69) is 10.1 Å². The summed E-state index contributed by atoms with van der Waals surface area (Å²) in [7, 11) is 0. The van der Waals surface area contributed by atoms with E-state index >= 15 is 0 Å². The zero-order chi connectivity index (χ0) is 16.1. The zero-order valence-electron chi connectivity index (χ0n) is 11.2. The molecule has 0 saturated heterocycles. The van der Waals surface area contributed by atoms with Gasteiger partial charge in [0.2, 0.25) is 0 Å². The third-order valence-corrected chi connectivity index (χ3v) is 2.58. The van der Waals surface area contributed by atoms with Crippen LogP contribution in [0.5, 0.6) is 5.75 Å². The summed E-state index contributed by atoms with van der Waals surface area (Å²) in [6.45, 7) is 1.66. The molecule has 1 N–H and O–H groups in total. The van der Waals surface area contributed by atoms with Gasteiger partial charge >= 0.3 is 12.5 Å². The van der Waals surface area contributed by atoms with Crippen LogP contribution in [0, 0.1) is 0 Å². The lowest BCUT2D eigenvalue weighted by Crippen LogP contribution is -2.18. The molecule has 0 aliphatic heterocycles. The van der Waals surface area contributed by atoms with Gasteiger partial charge in [-0.2, -0.15) is 13.2 Å². The molecule has 0 saturated carbocycles. The maximum atomic E-state index is 12.1. The van der Waals surface area contributed by atoms with Crippen LogP contribution in [0.4, 0.5) is 32.0 Å². The summed E-state index contributed by atoms with van der Waals surface area (Å²) in [4.78, 5) is 0. The van der Waals surface area contributed by atoms with E-state index in [0.29, 0.717) is 5.69 Å². The highest BCUT2D eigenvalue weighted by molar-refractivity contribution is 5.48. The lowest BCUT2D eigenvalue weighted by molar-refractivity contribution is -0.274. The summed E-state index contributed by atoms with van der Waals surface area (Å²) < 4.78 is 76.0. The van der Waals surface area contributed by atoms with Gasteiger partial charge in [-0.05, 0) is 31.9 Å². The fourth-order valence-electron chi connectivity index (χ4n) is 1.75. The number of nitrogens with one attached hydrogen (secondary N) is 1. The van der Waals surface area contributed by atoms with Crippen LogP contribution < -0.4 is 10.1 Å². The molecular formula is C13H15F6NO. The van der Waals surface area contributed by atoms with Crippen LogP contribution >= 0.6 is 0 Å². The second-order valence-corrected chi connectivity index (χ2v) is 4.63. The van der Waals surface area contributed by atoms with Crippen molar-refractivity contribution in [3.05, 3.63) is 24.3 Å². The first-order valence-corrected chi connectivity index (χ1v) is 6.24. The predicted octanol–water partition coefficient (Wildman–Crippen LogP) is 5.12. The van der Waals surface area contributed by atoms with E-state index in [9.17, 15) is 26.3 Å². The van der Waals surface area contributed by atoms with E-state index in [1.807, 2.05) is 0 Å². The lowest BCUT2D eigenvalue weighted by atomic mass is 10.1. The molecule has 0 heterocycles. The molecule has 0 bridgehead atoms. The Morgan fingerprint density at radius 1 is 1.14 bits per heavy atom. The lowest BCUT2D eigenvalue weighted by Gasteiger charge is -2.17. The van der Waals surface area contributed by atoms with Crippen molar-refractivity contribution in [1.82, 2.24) is 0 Å². The molecule has 0 amide bonds. The Hall–Kier alpha value is -1.60. The molecule has 1 rings (SSSR count). The van der Waals surface area contributed by atoms with Gasteiger partial charge in [0.05, 0.1) is 0 Å². The number of halogens is 6. The first-order chi connectivity index (χ1) is 9.55. The van der Waals surface area contributed by atoms with Crippen LogP contribution in [-0.2, 0) is 0 Å². The van der Waals surface area contributed by atoms with Gasteiger partial charge in [-0.1, -0.05) is 6.07 Å². The highest BCUT2D eigenvalue weighted by Crippen LogP contribution is 2.26. The number of anilines is 1. The first-order valence-electron chi connectivity index (χ1n) is 6.24. The summed E-state index contributed by atoms with van der Waals surface area (Å²) in [5.41, 5.74) is 0.358. The molecule has 1 aromatic carbocycles. The van der Waals surface area contributed by atoms with Gasteiger partial charge in [-0.25, -0.2) is 0 Å². The SMILES string of the molecule is CC(CCCC(F)(F)F)Nc1cccc(OC(F)(F)F)c1. The summed E-state index contributed by atoms with van der Waals surface area (Å²) in [6.07, 6.45) is -9.65. The summed E-state index contributed by atoms with van der Waals surface area (Å²) >= 11 is 0. The maximum Gasteiger partial charge on any atom is 0.573 e. The Morgan fingerprint density at radius 3 is 2.38 bits per heavy atom. The van der Waals surface area contributed by atoms with E-state index in [-0.39, 0.29) is 24.6 Å². The normalized spacial score (nSPS) is 13.9. The van der Waals surface area contributed by atoms with Gasteiger partial charge in [-0.3, -0.25) is 0 Å². The predicted molar refractivity (Wildman–Crippen MR) is 66.1 cm³/mol. The number of rotatable bonds is 6. The first kappa shape index (κ1) is 17.5. The van der Waals surface area contributed by atoms with Gasteiger partial charge in [0.15, 0.2) is 0 Å². The van der Waals surface area contributed by atoms with Crippen LogP contribution in [0.25, 0.3) is 0 Å². The third-order valence-electron chi connectivity index (χ3n) is 2.58. The van der Waals surface area contributed by atoms with E-state index in [0.717, 1.165) is 12.1 Å². The largest absolute Gasteiger partial charge is 0.573 e. The molecule has 8 heteroatoms. The minimum atomic E-state index is -4.78. The average Bonchev–Trinajstić information content (AvgIpc) is 2.24. The quantitative estimate of drug-likeness (QED) is 0.736. The van der Waals surface area contributed by atoms with Gasteiger partial charge in [0, 0.05) is 24.2 Å². The van der Waals surface area contributed by atoms with Crippen molar-refractivity contribution in [2.24, 2.45) is 0 Å². The Balaban J connectivity index is 2.49. The second-order valence-electron chi connectivity index (χ2n) is 4.63. The van der Waals surface area contributed by atoms with Crippen LogP contribution in [0.15, 0.2) is 24.3 Å². The third kappa shape index (κ3) is 8.31. The fourth-order valence-corrected chi connectivity index (χ4v) is 1.75. The van der Waals surface area contributed by atoms with Crippen molar-refractivity contribution < 1.29 is 31.1 Å². The van der Waals surface area contributed by atoms with Gasteiger partial charge in [0.25, 0.3) is 0 Å². The molecule has 0 spiro atoms. The molecule has 2 nitrogen and oxygen atoms in total. The Kier molecular flexibility index (Phi) is 5.74. The van der Waals surface area contributed by atoms with E-state index in [4.69, 9.17) is 0 Å². The molecule has 1 unspecified atom stereocenters. The zero-order valence-corrected chi connectivity index (χ0v) is 11.2. The topological polar surface area (TPSA) is 21.3 Å². The Bertz CT molecular complexity index is 443. The smallest absolute Gasteiger partial charge is 0.406 e. The molecule has 0 aliphatic carbocycles. The van der Waals surface area contributed by atoms with Crippen LogP contribution in [-0.4, -0.2) is 18.6 Å². The van der Waals surface area contributed by atoms with E-state index in [1.165, 1.54) is 12.1 Å². The average molecular weight is 315 g/mol. The maximum absolute atomic E-state index is 12.1. The van der Waals surface area contributed by atoms with E-state index < -0.39 is 19.0 Å². The Labute approximate surface area is 118 Å². The monoisotopic (exact) mass is 315 g/mol. The second kappa shape index (κ2) is 6.91. The van der Waals surface area contributed by atoms with Crippen molar-refractivity contribution in [2.75, 3.05) is 5.32 Å². The van der Waals surface area contributed by atoms with Crippen LogP contribution in [0.3, 0.4) is 0 Å². The standard InChI is InChI=1S/C13H15F6NO/c1-9(4-3-7-12(14,15)16)20-10-5-2-6-11(8-10)21-13(17,18)19/h2,5-6,8-9,20H,3-4,7H2,1H3. The van der Waals surface area contributed by atoms with Crippen molar-refractivity contribution >= 4 is 5.69 Å². The van der Waals surface area contributed by atoms with Gasteiger partial charge in [0.1, 0.15) is 5.75 Å². The van der Waals surface area contributed by atoms with Gasteiger partial charge in [-0.15, -0.1) is 13.2 Å². The number of alkyl halides is 6. The molecule has 0 radical (unpaired) electrons. The molecule has 120 valence electrons. The number of benzene rings is 1. The number of hydrogen-bond donors (Lipinski definition) is 1. The summed E-state index contributed by atoms with van der Waals surface area (Å²) in [6, 6.07) is 4.88. The van der Waals surface area contributed by atoms with Crippen molar-refractivity contribution in [2.45, 2.75) is 44.8 Å². The Morgan fingerprint density at radius 2 is 1.81 bits per heavy atom. The fraction of sp³-hybridized carbons (Fsp3) is 0.538. The van der Waals surface area contributed by atoms with Crippen molar-refractivity contribution in [3.8, 4) is 5.75 Å². The highest BCUT2D eigenvalue weighted by Gasteiger charge is 2.31. The molecule has 21 heavy (non-hydrogen) atoms. The molecule has 1 aromatic rings. The number of hydrogen-bond acceptors (Lipinski definition) is 2. The van der Waals surface area contributed by atoms with Crippen LogP contribution in [0.2, 0.25) is 0 Å². The molecule has 0 aliphatic rings. The number of ether oxygens (including phenoxy) is 1. The molecule has 0 fully saturated rings. The molecular weight excluding hydrogens is 300 g/mol. The highest BCUT2D eigenvalue weighted by atomic mass is 19.4. The molecule has 0 aromatic heterocycles. The van der Waals surface area contributed by atoms with Crippen LogP contribution in [0.1, 0.15) is 26.2 Å². The molecule has 1 atom stereocenters. The van der Waals surface area contributed by atoms with Crippen molar-refractivity contribution in [3.63, 3.8) is 0 Å². The van der Waals surface area contributed by atoms with Crippen molar-refractivity contribution in [1.29, 1.82) is 0 Å². The minimum absolute atomic E-state index is 0.0452. The minimum Gasteiger partial charge on any atom is -0.406 e. The summed E-state index contributed by atoms with van der Waals surface area (Å²) in [5.74, 6) is -0.380.